The Labute approximate surface area is 170 Å². The van der Waals surface area contributed by atoms with Crippen LogP contribution in [0.4, 0.5) is 11.8 Å². The van der Waals surface area contributed by atoms with Crippen molar-refractivity contribution in [3.05, 3.63) is 77.7 Å². The van der Waals surface area contributed by atoms with E-state index in [9.17, 15) is 8.42 Å². The standard InChI is InChI=1S/C21H23N5O2S/c1-16-9-10-20(23-14-16)25-21-22-12-11-18(24-21)19-8-5-13-26(19)29(27,28)15-17-6-3-2-4-7-17/h2-4,6-7,9-12,14,19H,5,8,13,15H2,1H3,(H,22,23,24,25)/t19-/m0/s1. The van der Waals surface area contributed by atoms with Gasteiger partial charge in [-0.1, -0.05) is 36.4 Å². The van der Waals surface area contributed by atoms with Crippen molar-refractivity contribution < 1.29 is 8.42 Å². The number of sulfonamides is 1. The molecule has 4 rings (SSSR count). The summed E-state index contributed by atoms with van der Waals surface area (Å²) >= 11 is 0. The molecule has 1 atom stereocenters. The lowest BCUT2D eigenvalue weighted by atomic mass is 10.1. The Kier molecular flexibility index (Phi) is 5.55. The molecule has 0 amide bonds. The zero-order valence-corrected chi connectivity index (χ0v) is 17.0. The maximum atomic E-state index is 13.1. The fourth-order valence-corrected chi connectivity index (χ4v) is 5.30. The first-order valence-corrected chi connectivity index (χ1v) is 11.2. The van der Waals surface area contributed by atoms with Gasteiger partial charge in [-0.2, -0.15) is 4.31 Å². The molecule has 0 aliphatic carbocycles. The first kappa shape index (κ1) is 19.5. The highest BCUT2D eigenvalue weighted by molar-refractivity contribution is 7.88. The summed E-state index contributed by atoms with van der Waals surface area (Å²) in [6, 6.07) is 14.6. The molecule has 0 radical (unpaired) electrons. The van der Waals surface area contributed by atoms with Gasteiger partial charge in [-0.15, -0.1) is 0 Å². The fourth-order valence-electron chi connectivity index (χ4n) is 3.51. The highest BCUT2D eigenvalue weighted by Gasteiger charge is 2.36. The Morgan fingerprint density at radius 2 is 1.93 bits per heavy atom. The maximum absolute atomic E-state index is 13.1. The predicted octanol–water partition coefficient (Wildman–Crippen LogP) is 3.59. The minimum atomic E-state index is -3.45. The number of pyridine rings is 1. The third kappa shape index (κ3) is 4.60. The summed E-state index contributed by atoms with van der Waals surface area (Å²) in [5.41, 5.74) is 2.55. The molecule has 1 N–H and O–H groups in total. The number of anilines is 2. The third-order valence-corrected chi connectivity index (χ3v) is 6.77. The largest absolute Gasteiger partial charge is 0.309 e. The van der Waals surface area contributed by atoms with Gasteiger partial charge in [0.15, 0.2) is 0 Å². The molecule has 0 unspecified atom stereocenters. The molecule has 150 valence electrons. The van der Waals surface area contributed by atoms with Crippen LogP contribution in [-0.4, -0.2) is 34.2 Å². The van der Waals surface area contributed by atoms with Crippen LogP contribution in [0, 0.1) is 6.92 Å². The van der Waals surface area contributed by atoms with Crippen LogP contribution in [0.15, 0.2) is 60.9 Å². The number of hydrogen-bond acceptors (Lipinski definition) is 6. The van der Waals surface area contributed by atoms with E-state index in [1.54, 1.807) is 22.8 Å². The number of aromatic nitrogens is 3. The number of nitrogens with zero attached hydrogens (tertiary/aromatic N) is 4. The Bertz CT molecular complexity index is 1070. The summed E-state index contributed by atoms with van der Waals surface area (Å²) < 4.78 is 27.7. The summed E-state index contributed by atoms with van der Waals surface area (Å²) in [6.45, 7) is 2.48. The lowest BCUT2D eigenvalue weighted by Gasteiger charge is -2.24. The Morgan fingerprint density at radius 3 is 2.69 bits per heavy atom. The Balaban J connectivity index is 1.54. The predicted molar refractivity (Wildman–Crippen MR) is 112 cm³/mol. The Morgan fingerprint density at radius 1 is 1.10 bits per heavy atom. The van der Waals surface area contributed by atoms with E-state index in [1.807, 2.05) is 49.4 Å². The Hall–Kier alpha value is -2.84. The average molecular weight is 410 g/mol. The summed E-state index contributed by atoms with van der Waals surface area (Å²) in [6.07, 6.45) is 4.97. The molecule has 0 saturated carbocycles. The number of aryl methyl sites for hydroxylation is 1. The monoisotopic (exact) mass is 409 g/mol. The normalized spacial score (nSPS) is 17.3. The van der Waals surface area contributed by atoms with Crippen LogP contribution in [0.1, 0.15) is 35.7 Å². The first-order chi connectivity index (χ1) is 14.0. The molecular weight excluding hydrogens is 386 g/mol. The third-order valence-electron chi connectivity index (χ3n) is 4.92. The minimum absolute atomic E-state index is 0.00613. The average Bonchev–Trinajstić information content (AvgIpc) is 3.22. The van der Waals surface area contributed by atoms with Crippen LogP contribution < -0.4 is 5.32 Å². The number of rotatable bonds is 6. The summed E-state index contributed by atoms with van der Waals surface area (Å²) in [4.78, 5) is 13.1. The van der Waals surface area contributed by atoms with Crippen molar-refractivity contribution in [2.75, 3.05) is 11.9 Å². The molecule has 1 fully saturated rings. The van der Waals surface area contributed by atoms with Crippen LogP contribution in [0.5, 0.6) is 0 Å². The topological polar surface area (TPSA) is 88.1 Å². The summed E-state index contributed by atoms with van der Waals surface area (Å²) in [5.74, 6) is 1.05. The van der Waals surface area contributed by atoms with Gasteiger partial charge in [-0.25, -0.2) is 23.4 Å². The van der Waals surface area contributed by atoms with Gasteiger partial charge < -0.3 is 5.32 Å². The van der Waals surface area contributed by atoms with E-state index in [4.69, 9.17) is 0 Å². The van der Waals surface area contributed by atoms with Gasteiger partial charge in [0.25, 0.3) is 0 Å². The van der Waals surface area contributed by atoms with Crippen molar-refractivity contribution in [1.29, 1.82) is 0 Å². The SMILES string of the molecule is Cc1ccc(Nc2nccc([C@@H]3CCCN3S(=O)(=O)Cc3ccccc3)n2)nc1. The van der Waals surface area contributed by atoms with Gasteiger partial charge in [-0.3, -0.25) is 0 Å². The molecule has 0 bridgehead atoms. The highest BCUT2D eigenvalue weighted by Crippen LogP contribution is 2.34. The van der Waals surface area contributed by atoms with E-state index in [2.05, 4.69) is 20.3 Å². The van der Waals surface area contributed by atoms with Crippen LogP contribution in [-0.2, 0) is 15.8 Å². The molecule has 3 heterocycles. The minimum Gasteiger partial charge on any atom is -0.309 e. The zero-order chi connectivity index (χ0) is 20.3. The second kappa shape index (κ2) is 8.26. The van der Waals surface area contributed by atoms with Crippen molar-refractivity contribution in [2.24, 2.45) is 0 Å². The molecule has 8 heteroatoms. The van der Waals surface area contributed by atoms with E-state index in [-0.39, 0.29) is 11.8 Å². The van der Waals surface area contributed by atoms with Gasteiger partial charge in [0.1, 0.15) is 5.82 Å². The molecule has 1 saturated heterocycles. The first-order valence-electron chi connectivity index (χ1n) is 9.57. The quantitative estimate of drug-likeness (QED) is 0.669. The molecule has 1 aliphatic heterocycles. The van der Waals surface area contributed by atoms with Crippen molar-refractivity contribution >= 4 is 21.8 Å². The zero-order valence-electron chi connectivity index (χ0n) is 16.2. The molecule has 1 aromatic carbocycles. The maximum Gasteiger partial charge on any atom is 0.228 e. The number of hydrogen-bond donors (Lipinski definition) is 1. The van der Waals surface area contributed by atoms with Gasteiger partial charge in [0.05, 0.1) is 17.5 Å². The van der Waals surface area contributed by atoms with Gasteiger partial charge >= 0.3 is 0 Å². The molecule has 7 nitrogen and oxygen atoms in total. The van der Waals surface area contributed by atoms with E-state index in [0.717, 1.165) is 24.0 Å². The van der Waals surface area contributed by atoms with Crippen molar-refractivity contribution in [2.45, 2.75) is 31.6 Å². The molecule has 3 aromatic rings. The van der Waals surface area contributed by atoms with E-state index >= 15 is 0 Å². The fraction of sp³-hybridized carbons (Fsp3) is 0.286. The van der Waals surface area contributed by atoms with E-state index in [1.165, 1.54) is 0 Å². The lowest BCUT2D eigenvalue weighted by Crippen LogP contribution is -2.32. The molecule has 2 aromatic heterocycles. The second-order valence-corrected chi connectivity index (χ2v) is 9.08. The van der Waals surface area contributed by atoms with Crippen molar-refractivity contribution in [3.8, 4) is 0 Å². The van der Waals surface area contributed by atoms with Crippen molar-refractivity contribution in [3.63, 3.8) is 0 Å². The summed E-state index contributed by atoms with van der Waals surface area (Å²) in [7, 11) is -3.45. The molecule has 29 heavy (non-hydrogen) atoms. The van der Waals surface area contributed by atoms with Crippen LogP contribution >= 0.6 is 0 Å². The van der Waals surface area contributed by atoms with Gasteiger partial charge in [0.2, 0.25) is 16.0 Å². The van der Waals surface area contributed by atoms with E-state index in [0.29, 0.717) is 24.0 Å². The highest BCUT2D eigenvalue weighted by atomic mass is 32.2. The van der Waals surface area contributed by atoms with Crippen LogP contribution in [0.25, 0.3) is 0 Å². The second-order valence-electron chi connectivity index (χ2n) is 7.16. The summed E-state index contributed by atoms with van der Waals surface area (Å²) in [5, 5.41) is 3.09. The van der Waals surface area contributed by atoms with Crippen LogP contribution in [0.3, 0.4) is 0 Å². The lowest BCUT2D eigenvalue weighted by molar-refractivity contribution is 0.390. The number of nitrogens with one attached hydrogen (secondary N) is 1. The molecular formula is C21H23N5O2S. The van der Waals surface area contributed by atoms with Gasteiger partial charge in [-0.05, 0) is 43.0 Å². The van der Waals surface area contributed by atoms with Crippen molar-refractivity contribution in [1.82, 2.24) is 19.3 Å². The van der Waals surface area contributed by atoms with E-state index < -0.39 is 10.0 Å². The molecule has 1 aliphatic rings. The van der Waals surface area contributed by atoms with Gasteiger partial charge in [0, 0.05) is 18.9 Å². The molecule has 0 spiro atoms. The smallest absolute Gasteiger partial charge is 0.228 e. The number of benzene rings is 1. The van der Waals surface area contributed by atoms with Crippen LogP contribution in [0.2, 0.25) is 0 Å².